The summed E-state index contributed by atoms with van der Waals surface area (Å²) in [6.07, 6.45) is 0.988. The predicted molar refractivity (Wildman–Crippen MR) is 63.6 cm³/mol. The highest BCUT2D eigenvalue weighted by atomic mass is 16.5. The van der Waals surface area contributed by atoms with Crippen molar-refractivity contribution < 1.29 is 4.74 Å². The fraction of sp³-hybridized carbons (Fsp3) is 0.538. The van der Waals surface area contributed by atoms with Crippen molar-refractivity contribution in [2.75, 3.05) is 7.11 Å². The summed E-state index contributed by atoms with van der Waals surface area (Å²) in [5.41, 5.74) is 7.30. The molecule has 0 aliphatic carbocycles. The zero-order chi connectivity index (χ0) is 11.3. The van der Waals surface area contributed by atoms with Crippen LogP contribution in [-0.2, 0) is 4.74 Å². The molecule has 84 valence electrons. The minimum Gasteiger partial charge on any atom is -0.375 e. The van der Waals surface area contributed by atoms with E-state index in [4.69, 9.17) is 10.5 Å². The largest absolute Gasteiger partial charge is 0.375 e. The smallest absolute Gasteiger partial charge is 0.0971 e. The van der Waals surface area contributed by atoms with Gasteiger partial charge in [0.1, 0.15) is 0 Å². The maximum absolute atomic E-state index is 6.14. The summed E-state index contributed by atoms with van der Waals surface area (Å²) in [5, 5.41) is 0. The molecule has 1 aromatic rings. The Morgan fingerprint density at radius 1 is 1.20 bits per heavy atom. The average Bonchev–Trinajstić information content (AvgIpc) is 2.19. The number of methoxy groups -OCH3 is 1. The zero-order valence-electron chi connectivity index (χ0n) is 9.81. The van der Waals surface area contributed by atoms with Crippen LogP contribution in [0.1, 0.15) is 31.9 Å². The summed E-state index contributed by atoms with van der Waals surface area (Å²) in [4.78, 5) is 0. The molecule has 0 aromatic heterocycles. The molecule has 0 spiro atoms. The third kappa shape index (κ3) is 3.65. The molecule has 0 heterocycles. The van der Waals surface area contributed by atoms with E-state index in [0.29, 0.717) is 5.92 Å². The molecule has 15 heavy (non-hydrogen) atoms. The Labute approximate surface area is 92.4 Å². The molecule has 1 unspecified atom stereocenters. The molecule has 1 aromatic carbocycles. The van der Waals surface area contributed by atoms with Gasteiger partial charge in [-0.05, 0) is 17.9 Å². The quantitative estimate of drug-likeness (QED) is 0.805. The van der Waals surface area contributed by atoms with Crippen LogP contribution in [0.15, 0.2) is 30.3 Å². The molecule has 0 aliphatic rings. The number of hydrogen-bond donors (Lipinski definition) is 1. The lowest BCUT2D eigenvalue weighted by Gasteiger charge is -2.24. The summed E-state index contributed by atoms with van der Waals surface area (Å²) >= 11 is 0. The molecule has 0 bridgehead atoms. The van der Waals surface area contributed by atoms with Gasteiger partial charge in [0, 0.05) is 13.2 Å². The van der Waals surface area contributed by atoms with Crippen LogP contribution in [0.5, 0.6) is 0 Å². The van der Waals surface area contributed by atoms with Crippen molar-refractivity contribution in [1.82, 2.24) is 0 Å². The summed E-state index contributed by atoms with van der Waals surface area (Å²) in [5.74, 6) is 0.598. The molecule has 2 atom stereocenters. The molecule has 2 nitrogen and oxygen atoms in total. The highest BCUT2D eigenvalue weighted by Gasteiger charge is 2.19. The third-order valence-corrected chi connectivity index (χ3v) is 2.51. The molecule has 2 N–H and O–H groups in total. The summed E-state index contributed by atoms with van der Waals surface area (Å²) in [7, 11) is 1.72. The molecule has 0 amide bonds. The highest BCUT2D eigenvalue weighted by molar-refractivity contribution is 5.19. The van der Waals surface area contributed by atoms with Crippen LogP contribution >= 0.6 is 0 Å². The van der Waals surface area contributed by atoms with E-state index in [-0.39, 0.29) is 12.1 Å². The van der Waals surface area contributed by atoms with Gasteiger partial charge < -0.3 is 10.5 Å². The van der Waals surface area contributed by atoms with Crippen molar-refractivity contribution in [3.05, 3.63) is 35.9 Å². The van der Waals surface area contributed by atoms with Crippen LogP contribution in [0, 0.1) is 5.92 Å². The lowest BCUT2D eigenvalue weighted by Crippen LogP contribution is -2.31. The van der Waals surface area contributed by atoms with Crippen molar-refractivity contribution in [3.63, 3.8) is 0 Å². The first-order chi connectivity index (χ1) is 7.15. The molecule has 0 fully saturated rings. The first kappa shape index (κ1) is 12.2. The molecule has 0 saturated carbocycles. The van der Waals surface area contributed by atoms with Crippen molar-refractivity contribution in [1.29, 1.82) is 0 Å². The molecule has 0 saturated heterocycles. The van der Waals surface area contributed by atoms with Crippen molar-refractivity contribution >= 4 is 0 Å². The van der Waals surface area contributed by atoms with Gasteiger partial charge >= 0.3 is 0 Å². The fourth-order valence-electron chi connectivity index (χ4n) is 1.87. The summed E-state index contributed by atoms with van der Waals surface area (Å²) in [6, 6.07) is 10.2. The monoisotopic (exact) mass is 207 g/mol. The van der Waals surface area contributed by atoms with E-state index < -0.39 is 0 Å². The second-order valence-corrected chi connectivity index (χ2v) is 4.36. The van der Waals surface area contributed by atoms with Crippen LogP contribution in [-0.4, -0.2) is 13.2 Å². The van der Waals surface area contributed by atoms with E-state index in [2.05, 4.69) is 26.0 Å². The lowest BCUT2D eigenvalue weighted by molar-refractivity contribution is 0.0738. The maximum Gasteiger partial charge on any atom is 0.0971 e. The van der Waals surface area contributed by atoms with Gasteiger partial charge in [-0.3, -0.25) is 0 Å². The SMILES string of the molecule is CO[C@@H](c1ccccc1)C(N)CC(C)C. The number of hydrogen-bond acceptors (Lipinski definition) is 2. The lowest BCUT2D eigenvalue weighted by atomic mass is 9.95. The number of nitrogens with two attached hydrogens (primary N) is 1. The highest BCUT2D eigenvalue weighted by Crippen LogP contribution is 2.22. The second kappa shape index (κ2) is 5.89. The standard InChI is InChI=1S/C13H21NO/c1-10(2)9-12(14)13(15-3)11-7-5-4-6-8-11/h4-8,10,12-13H,9,14H2,1-3H3/t12?,13-/m0/s1. The van der Waals surface area contributed by atoms with Gasteiger partial charge in [0.25, 0.3) is 0 Å². The molecule has 2 heteroatoms. The van der Waals surface area contributed by atoms with Gasteiger partial charge in [-0.25, -0.2) is 0 Å². The molecular weight excluding hydrogens is 186 g/mol. The fourth-order valence-corrected chi connectivity index (χ4v) is 1.87. The molecule has 0 radical (unpaired) electrons. The normalized spacial score (nSPS) is 15.3. The number of ether oxygens (including phenoxy) is 1. The van der Waals surface area contributed by atoms with E-state index in [1.54, 1.807) is 7.11 Å². The van der Waals surface area contributed by atoms with Crippen molar-refractivity contribution in [2.24, 2.45) is 11.7 Å². The van der Waals surface area contributed by atoms with Crippen molar-refractivity contribution in [3.8, 4) is 0 Å². The van der Waals surface area contributed by atoms with E-state index in [1.807, 2.05) is 18.2 Å². The first-order valence-corrected chi connectivity index (χ1v) is 5.48. The van der Waals surface area contributed by atoms with Crippen LogP contribution in [0.3, 0.4) is 0 Å². The number of rotatable bonds is 5. The topological polar surface area (TPSA) is 35.2 Å². The predicted octanol–water partition coefficient (Wildman–Crippen LogP) is 2.75. The molecular formula is C13H21NO. The molecule has 0 aliphatic heterocycles. The Kier molecular flexibility index (Phi) is 4.79. The van der Waals surface area contributed by atoms with Crippen LogP contribution in [0.2, 0.25) is 0 Å². The van der Waals surface area contributed by atoms with E-state index in [0.717, 1.165) is 12.0 Å². The van der Waals surface area contributed by atoms with Gasteiger partial charge in [-0.2, -0.15) is 0 Å². The van der Waals surface area contributed by atoms with Gasteiger partial charge in [0.15, 0.2) is 0 Å². The van der Waals surface area contributed by atoms with Crippen molar-refractivity contribution in [2.45, 2.75) is 32.4 Å². The van der Waals surface area contributed by atoms with E-state index in [9.17, 15) is 0 Å². The van der Waals surface area contributed by atoms with Gasteiger partial charge in [0.05, 0.1) is 6.10 Å². The van der Waals surface area contributed by atoms with Gasteiger partial charge in [0.2, 0.25) is 0 Å². The Hall–Kier alpha value is -0.860. The van der Waals surface area contributed by atoms with Crippen LogP contribution in [0.4, 0.5) is 0 Å². The maximum atomic E-state index is 6.14. The first-order valence-electron chi connectivity index (χ1n) is 5.48. The average molecular weight is 207 g/mol. The molecule has 1 rings (SSSR count). The van der Waals surface area contributed by atoms with E-state index in [1.165, 1.54) is 0 Å². The Morgan fingerprint density at radius 2 is 1.80 bits per heavy atom. The van der Waals surface area contributed by atoms with Gasteiger partial charge in [-0.1, -0.05) is 44.2 Å². The van der Waals surface area contributed by atoms with Crippen LogP contribution in [0.25, 0.3) is 0 Å². The Balaban J connectivity index is 2.71. The minimum absolute atomic E-state index is 0.00796. The summed E-state index contributed by atoms with van der Waals surface area (Å²) in [6.45, 7) is 4.36. The number of benzene rings is 1. The third-order valence-electron chi connectivity index (χ3n) is 2.51. The van der Waals surface area contributed by atoms with Gasteiger partial charge in [-0.15, -0.1) is 0 Å². The van der Waals surface area contributed by atoms with Crippen LogP contribution < -0.4 is 5.73 Å². The van der Waals surface area contributed by atoms with E-state index >= 15 is 0 Å². The second-order valence-electron chi connectivity index (χ2n) is 4.36. The summed E-state index contributed by atoms with van der Waals surface area (Å²) < 4.78 is 5.47. The Morgan fingerprint density at radius 3 is 2.27 bits per heavy atom. The zero-order valence-corrected chi connectivity index (χ0v) is 9.81. The Bertz CT molecular complexity index is 271. The minimum atomic E-state index is 0.00796.